The molecule has 1 fully saturated rings. The molecule has 4 heteroatoms. The third-order valence-electron chi connectivity index (χ3n) is 5.36. The van der Waals surface area contributed by atoms with Gasteiger partial charge in [0.2, 0.25) is 0 Å². The number of hydrogen-bond acceptors (Lipinski definition) is 4. The second-order valence-electron chi connectivity index (χ2n) is 7.08. The van der Waals surface area contributed by atoms with Crippen molar-refractivity contribution >= 4 is 17.5 Å². The summed E-state index contributed by atoms with van der Waals surface area (Å²) in [6, 6.07) is 15.3. The predicted octanol–water partition coefficient (Wildman–Crippen LogP) is 3.89. The van der Waals surface area contributed by atoms with E-state index in [1.165, 1.54) is 20.9 Å². The zero-order chi connectivity index (χ0) is 17.4. The monoisotopic (exact) mass is 352 g/mol. The fraction of sp³-hybridized carbons (Fsp3) is 0.381. The van der Waals surface area contributed by atoms with Gasteiger partial charge in [0.05, 0.1) is 0 Å². The Labute approximate surface area is 154 Å². The Morgan fingerprint density at radius 3 is 2.56 bits per heavy atom. The van der Waals surface area contributed by atoms with Crippen LogP contribution >= 0.6 is 11.8 Å². The smallest absolute Gasteiger partial charge is 0.159 e. The molecule has 3 nitrogen and oxygen atoms in total. The molecule has 0 spiro atoms. The molecule has 0 N–H and O–H groups in total. The van der Waals surface area contributed by atoms with Crippen LogP contribution in [0.15, 0.2) is 52.3 Å². The molecule has 1 saturated heterocycles. The maximum atomic E-state index is 11.9. The lowest BCUT2D eigenvalue weighted by molar-refractivity contribution is 0.101. The van der Waals surface area contributed by atoms with Crippen molar-refractivity contribution in [2.75, 3.05) is 33.2 Å². The first kappa shape index (κ1) is 16.8. The van der Waals surface area contributed by atoms with Gasteiger partial charge in [0.15, 0.2) is 5.78 Å². The second kappa shape index (κ2) is 6.94. The third kappa shape index (κ3) is 3.39. The number of carbonyl (C=O) groups excluding carboxylic acids is 1. The number of benzene rings is 2. The van der Waals surface area contributed by atoms with Gasteiger partial charge in [0, 0.05) is 47.6 Å². The first-order valence-corrected chi connectivity index (χ1v) is 9.77. The molecule has 1 unspecified atom stereocenters. The third-order valence-corrected chi connectivity index (χ3v) is 6.57. The van der Waals surface area contributed by atoms with Crippen LogP contribution in [0.25, 0.3) is 0 Å². The summed E-state index contributed by atoms with van der Waals surface area (Å²) in [5, 5.41) is 0. The first-order valence-electron chi connectivity index (χ1n) is 8.95. The summed E-state index contributed by atoms with van der Waals surface area (Å²) in [7, 11) is 2.19. The number of rotatable bonds is 2. The van der Waals surface area contributed by atoms with Gasteiger partial charge >= 0.3 is 0 Å². The molecule has 0 bridgehead atoms. The molecule has 0 aliphatic carbocycles. The summed E-state index contributed by atoms with van der Waals surface area (Å²) in [5.74, 6) is 0.145. The van der Waals surface area contributed by atoms with E-state index in [9.17, 15) is 4.79 Å². The zero-order valence-electron chi connectivity index (χ0n) is 14.9. The molecule has 2 aromatic rings. The number of fused-ring (bicyclic) bond motifs is 2. The van der Waals surface area contributed by atoms with Gasteiger partial charge in [-0.2, -0.15) is 0 Å². The molecule has 2 aliphatic heterocycles. The lowest BCUT2D eigenvalue weighted by atomic mass is 9.94. The largest absolute Gasteiger partial charge is 0.304 e. The van der Waals surface area contributed by atoms with Crippen LogP contribution in [0.5, 0.6) is 0 Å². The van der Waals surface area contributed by atoms with Gasteiger partial charge in [-0.3, -0.25) is 9.69 Å². The van der Waals surface area contributed by atoms with Gasteiger partial charge < -0.3 is 4.90 Å². The molecule has 25 heavy (non-hydrogen) atoms. The number of hydrogen-bond donors (Lipinski definition) is 0. The van der Waals surface area contributed by atoms with Crippen molar-refractivity contribution in [3.8, 4) is 0 Å². The first-order chi connectivity index (χ1) is 12.1. The highest BCUT2D eigenvalue weighted by Gasteiger charge is 2.29. The molecule has 0 aromatic heterocycles. The summed E-state index contributed by atoms with van der Waals surface area (Å²) >= 11 is 1.84. The highest BCUT2D eigenvalue weighted by atomic mass is 32.2. The minimum Gasteiger partial charge on any atom is -0.304 e. The second-order valence-corrected chi connectivity index (χ2v) is 8.16. The van der Waals surface area contributed by atoms with Gasteiger partial charge in [0.1, 0.15) is 0 Å². The van der Waals surface area contributed by atoms with Crippen LogP contribution in [-0.2, 0) is 6.42 Å². The van der Waals surface area contributed by atoms with E-state index in [-0.39, 0.29) is 5.78 Å². The van der Waals surface area contributed by atoms with Gasteiger partial charge in [-0.15, -0.1) is 0 Å². The summed E-state index contributed by atoms with van der Waals surface area (Å²) < 4.78 is 0. The van der Waals surface area contributed by atoms with E-state index in [2.05, 4.69) is 53.2 Å². The minimum absolute atomic E-state index is 0.145. The number of likely N-dealkylation sites (N-methyl/N-ethyl adjacent to an activating group) is 1. The average Bonchev–Trinajstić information content (AvgIpc) is 2.78. The Balaban J connectivity index is 1.78. The van der Waals surface area contributed by atoms with Gasteiger partial charge in [-0.25, -0.2) is 0 Å². The summed E-state index contributed by atoms with van der Waals surface area (Å²) in [5.41, 5.74) is 3.56. The van der Waals surface area contributed by atoms with E-state index in [1.54, 1.807) is 6.92 Å². The number of carbonyl (C=O) groups is 1. The molecule has 0 saturated carbocycles. The van der Waals surface area contributed by atoms with Crippen LogP contribution in [0.3, 0.4) is 0 Å². The Morgan fingerprint density at radius 2 is 1.80 bits per heavy atom. The average molecular weight is 353 g/mol. The van der Waals surface area contributed by atoms with E-state index in [4.69, 9.17) is 0 Å². The maximum Gasteiger partial charge on any atom is 0.159 e. The fourth-order valence-corrected chi connectivity index (χ4v) is 4.90. The van der Waals surface area contributed by atoms with Crippen LogP contribution < -0.4 is 0 Å². The zero-order valence-corrected chi connectivity index (χ0v) is 15.7. The van der Waals surface area contributed by atoms with Crippen LogP contribution in [0.2, 0.25) is 0 Å². The normalized spacial score (nSPS) is 21.3. The van der Waals surface area contributed by atoms with Crippen molar-refractivity contribution < 1.29 is 4.79 Å². The Bertz CT molecular complexity index is 796. The number of ketones is 1. The van der Waals surface area contributed by atoms with Crippen LogP contribution in [0.1, 0.15) is 34.5 Å². The summed E-state index contributed by atoms with van der Waals surface area (Å²) in [6.07, 6.45) is 1.02. The van der Waals surface area contributed by atoms with Crippen LogP contribution in [-0.4, -0.2) is 48.8 Å². The quantitative estimate of drug-likeness (QED) is 0.765. The SMILES string of the molecule is CC(=O)c1ccc2c(c1)C(N1CCN(C)CC1)Cc1ccccc1S2. The molecule has 2 aliphatic rings. The van der Waals surface area contributed by atoms with Crippen molar-refractivity contribution in [1.82, 2.24) is 9.80 Å². The van der Waals surface area contributed by atoms with Crippen molar-refractivity contribution in [3.05, 3.63) is 59.2 Å². The Hall–Kier alpha value is -1.62. The lowest BCUT2D eigenvalue weighted by Crippen LogP contribution is -2.46. The summed E-state index contributed by atoms with van der Waals surface area (Å²) in [6.45, 7) is 6.03. The number of piperazine rings is 1. The van der Waals surface area contributed by atoms with E-state index < -0.39 is 0 Å². The van der Waals surface area contributed by atoms with Gasteiger partial charge in [-0.1, -0.05) is 36.0 Å². The fourth-order valence-electron chi connectivity index (χ4n) is 3.79. The lowest BCUT2D eigenvalue weighted by Gasteiger charge is -2.38. The maximum absolute atomic E-state index is 11.9. The molecule has 130 valence electrons. The van der Waals surface area contributed by atoms with Crippen molar-refractivity contribution in [3.63, 3.8) is 0 Å². The topological polar surface area (TPSA) is 23.6 Å². The number of Topliss-reactive ketones (excluding diaryl/α,β-unsaturated/α-hetero) is 1. The van der Waals surface area contributed by atoms with Crippen molar-refractivity contribution in [1.29, 1.82) is 0 Å². The Morgan fingerprint density at radius 1 is 1.04 bits per heavy atom. The molecular weight excluding hydrogens is 328 g/mol. The molecule has 4 rings (SSSR count). The molecular formula is C21H24N2OS. The molecule has 0 radical (unpaired) electrons. The van der Waals surface area contributed by atoms with Crippen molar-refractivity contribution in [2.45, 2.75) is 29.2 Å². The molecule has 2 aromatic carbocycles. The molecule has 0 amide bonds. The highest BCUT2D eigenvalue weighted by Crippen LogP contribution is 2.43. The van der Waals surface area contributed by atoms with Gasteiger partial charge in [0.25, 0.3) is 0 Å². The van der Waals surface area contributed by atoms with E-state index in [1.807, 2.05) is 17.8 Å². The summed E-state index contributed by atoms with van der Waals surface area (Å²) in [4.78, 5) is 19.6. The molecule has 1 atom stereocenters. The minimum atomic E-state index is 0.145. The van der Waals surface area contributed by atoms with E-state index in [0.717, 1.165) is 38.2 Å². The molecule has 2 heterocycles. The predicted molar refractivity (Wildman–Crippen MR) is 103 cm³/mol. The van der Waals surface area contributed by atoms with E-state index >= 15 is 0 Å². The van der Waals surface area contributed by atoms with Crippen molar-refractivity contribution in [2.24, 2.45) is 0 Å². The van der Waals surface area contributed by atoms with Crippen LogP contribution in [0, 0.1) is 0 Å². The Kier molecular flexibility index (Phi) is 4.67. The highest BCUT2D eigenvalue weighted by molar-refractivity contribution is 7.99. The van der Waals surface area contributed by atoms with Crippen LogP contribution in [0.4, 0.5) is 0 Å². The standard InChI is InChI=1S/C21H24N2OS/c1-15(24)16-7-8-21-18(13-16)19(23-11-9-22(2)10-12-23)14-17-5-3-4-6-20(17)25-21/h3-8,13,19H,9-12,14H2,1-2H3. The van der Waals surface area contributed by atoms with Gasteiger partial charge in [-0.05, 0) is 49.7 Å². The number of nitrogens with zero attached hydrogens (tertiary/aromatic N) is 2. The van der Waals surface area contributed by atoms with E-state index in [0.29, 0.717) is 6.04 Å².